The molecule has 0 bridgehead atoms. The van der Waals surface area contributed by atoms with Crippen LogP contribution in [0.5, 0.6) is 0 Å². The molecule has 1 N–H and O–H groups in total. The average molecular weight is 297 g/mol. The Morgan fingerprint density at radius 2 is 2.38 bits per heavy atom. The molecule has 0 aliphatic carbocycles. The number of piperidine rings is 1. The van der Waals surface area contributed by atoms with Gasteiger partial charge in [0.05, 0.1) is 11.0 Å². The molecule has 1 saturated heterocycles. The van der Waals surface area contributed by atoms with Crippen molar-refractivity contribution in [3.05, 3.63) is 0 Å². The minimum atomic E-state index is -0.101. The lowest BCUT2D eigenvalue weighted by Crippen LogP contribution is -2.35. The molecule has 0 saturated carbocycles. The predicted octanol–water partition coefficient (Wildman–Crippen LogP) is 1.50. The van der Waals surface area contributed by atoms with Crippen LogP contribution in [-0.2, 0) is 9.53 Å². The monoisotopic (exact) mass is 297 g/mol. The second-order valence-electron chi connectivity index (χ2n) is 3.29. The number of carbonyl (C=O) groups excluding carboxylic acids is 1. The third kappa shape index (κ3) is 4.81. The van der Waals surface area contributed by atoms with Crippen molar-refractivity contribution >= 4 is 28.6 Å². The second kappa shape index (κ2) is 6.59. The number of alkyl halides is 1. The van der Waals surface area contributed by atoms with Gasteiger partial charge in [-0.1, -0.05) is 29.0 Å². The van der Waals surface area contributed by atoms with Crippen molar-refractivity contribution in [3.8, 4) is 0 Å². The number of carbonyl (C=O) groups is 1. The molecule has 1 fully saturated rings. The molecule has 1 atom stereocenters. The molecule has 1 aliphatic heterocycles. The lowest BCUT2D eigenvalue weighted by molar-refractivity contribution is -0.140. The fourth-order valence-corrected chi connectivity index (χ4v) is 1.74. The van der Waals surface area contributed by atoms with Crippen LogP contribution < -0.4 is 5.32 Å². The maximum Gasteiger partial charge on any atom is 0.315 e. The first-order valence-electron chi connectivity index (χ1n) is 4.78. The molecule has 1 aliphatic rings. The van der Waals surface area contributed by atoms with Crippen molar-refractivity contribution in [2.45, 2.75) is 31.7 Å². The summed E-state index contributed by atoms with van der Waals surface area (Å²) in [5, 5.41) is 3.42. The first-order valence-corrected chi connectivity index (χ1v) is 6.30. The van der Waals surface area contributed by atoms with E-state index < -0.39 is 0 Å². The summed E-state index contributed by atoms with van der Waals surface area (Å²) in [6, 6.07) is 0.566. The molecule has 0 amide bonds. The van der Waals surface area contributed by atoms with Crippen LogP contribution in [0.25, 0.3) is 0 Å². The Balaban J connectivity index is 2.01. The molecule has 13 heavy (non-hydrogen) atoms. The minimum Gasteiger partial charge on any atom is -0.465 e. The molecule has 76 valence electrons. The number of halogens is 1. The highest BCUT2D eigenvalue weighted by Gasteiger charge is 2.12. The van der Waals surface area contributed by atoms with Crippen molar-refractivity contribution < 1.29 is 9.53 Å². The van der Waals surface area contributed by atoms with Gasteiger partial charge in [0.2, 0.25) is 0 Å². The van der Waals surface area contributed by atoms with E-state index in [9.17, 15) is 4.79 Å². The van der Waals surface area contributed by atoms with Crippen LogP contribution in [0.2, 0.25) is 0 Å². The van der Waals surface area contributed by atoms with Crippen LogP contribution in [0.4, 0.5) is 0 Å². The average Bonchev–Trinajstić information content (AvgIpc) is 2.19. The van der Waals surface area contributed by atoms with Gasteiger partial charge in [-0.2, -0.15) is 0 Å². The normalized spacial score (nSPS) is 22.7. The van der Waals surface area contributed by atoms with Gasteiger partial charge in [0.15, 0.2) is 0 Å². The molecular weight excluding hydrogens is 281 g/mol. The van der Waals surface area contributed by atoms with Gasteiger partial charge in [0.25, 0.3) is 0 Å². The minimum absolute atomic E-state index is 0.101. The van der Waals surface area contributed by atoms with Crippen molar-refractivity contribution in [2.24, 2.45) is 0 Å². The van der Waals surface area contributed by atoms with E-state index in [0.717, 1.165) is 13.0 Å². The van der Waals surface area contributed by atoms with E-state index in [1.54, 1.807) is 0 Å². The highest BCUT2D eigenvalue weighted by atomic mass is 127. The summed E-state index contributed by atoms with van der Waals surface area (Å²) in [6.07, 6.45) is 4.77. The van der Waals surface area contributed by atoms with Gasteiger partial charge in [0, 0.05) is 6.04 Å². The van der Waals surface area contributed by atoms with Gasteiger partial charge in [-0.15, -0.1) is 0 Å². The zero-order valence-corrected chi connectivity index (χ0v) is 9.88. The van der Waals surface area contributed by atoms with Crippen LogP contribution in [-0.4, -0.2) is 29.6 Å². The maximum atomic E-state index is 10.8. The largest absolute Gasteiger partial charge is 0.465 e. The van der Waals surface area contributed by atoms with Crippen LogP contribution in [0.1, 0.15) is 25.7 Å². The Morgan fingerprint density at radius 1 is 1.54 bits per heavy atom. The Labute approximate surface area is 92.7 Å². The second-order valence-corrected chi connectivity index (χ2v) is 4.05. The summed E-state index contributed by atoms with van der Waals surface area (Å²) in [6.45, 7) is 1.68. The highest BCUT2D eigenvalue weighted by molar-refractivity contribution is 14.1. The zero-order chi connectivity index (χ0) is 9.52. The number of ether oxygens (including phenoxy) is 1. The van der Waals surface area contributed by atoms with Gasteiger partial charge < -0.3 is 10.1 Å². The summed E-state index contributed by atoms with van der Waals surface area (Å²) in [4.78, 5) is 10.8. The lowest BCUT2D eigenvalue weighted by atomic mass is 10.0. The van der Waals surface area contributed by atoms with Crippen molar-refractivity contribution in [2.75, 3.05) is 17.6 Å². The molecule has 1 heterocycles. The highest BCUT2D eigenvalue weighted by Crippen LogP contribution is 2.09. The first-order chi connectivity index (χ1) is 6.33. The molecule has 0 radical (unpaired) electrons. The van der Waals surface area contributed by atoms with E-state index in [1.807, 2.05) is 22.6 Å². The van der Waals surface area contributed by atoms with Crippen molar-refractivity contribution in [1.29, 1.82) is 0 Å². The van der Waals surface area contributed by atoms with E-state index in [1.165, 1.54) is 19.3 Å². The van der Waals surface area contributed by atoms with Crippen LogP contribution >= 0.6 is 22.6 Å². The third-order valence-corrected chi connectivity index (χ3v) is 2.87. The number of rotatable bonds is 4. The number of hydrogen-bond acceptors (Lipinski definition) is 3. The van der Waals surface area contributed by atoms with Gasteiger partial charge >= 0.3 is 5.97 Å². The summed E-state index contributed by atoms with van der Waals surface area (Å²) in [7, 11) is 0. The van der Waals surface area contributed by atoms with Crippen LogP contribution in [0.15, 0.2) is 0 Å². The summed E-state index contributed by atoms with van der Waals surface area (Å²) in [5.41, 5.74) is 0. The molecule has 0 aromatic heterocycles. The van der Waals surface area contributed by atoms with Gasteiger partial charge in [-0.05, 0) is 25.8 Å². The Morgan fingerprint density at radius 3 is 3.00 bits per heavy atom. The van der Waals surface area contributed by atoms with E-state index in [0.29, 0.717) is 17.1 Å². The van der Waals surface area contributed by atoms with Crippen molar-refractivity contribution in [1.82, 2.24) is 5.32 Å². The van der Waals surface area contributed by atoms with Gasteiger partial charge in [-0.25, -0.2) is 0 Å². The molecule has 4 heteroatoms. The molecule has 3 nitrogen and oxygen atoms in total. The van der Waals surface area contributed by atoms with E-state index in [4.69, 9.17) is 4.74 Å². The third-order valence-electron chi connectivity index (χ3n) is 2.25. The molecule has 0 spiro atoms. The van der Waals surface area contributed by atoms with E-state index >= 15 is 0 Å². The fraction of sp³-hybridized carbons (Fsp3) is 0.889. The molecule has 0 aromatic rings. The topological polar surface area (TPSA) is 38.3 Å². The van der Waals surface area contributed by atoms with Gasteiger partial charge in [0.1, 0.15) is 0 Å². The zero-order valence-electron chi connectivity index (χ0n) is 7.72. The van der Waals surface area contributed by atoms with E-state index in [-0.39, 0.29) is 5.97 Å². The number of hydrogen-bond donors (Lipinski definition) is 1. The van der Waals surface area contributed by atoms with Crippen LogP contribution in [0.3, 0.4) is 0 Å². The Bertz CT molecular complexity index is 158. The quantitative estimate of drug-likeness (QED) is 0.485. The van der Waals surface area contributed by atoms with E-state index in [2.05, 4.69) is 5.32 Å². The molecular formula is C9H16INO2. The Kier molecular flexibility index (Phi) is 5.70. The number of nitrogens with one attached hydrogen (secondary N) is 1. The smallest absolute Gasteiger partial charge is 0.315 e. The lowest BCUT2D eigenvalue weighted by Gasteiger charge is -2.22. The maximum absolute atomic E-state index is 10.8. The fourth-order valence-electron chi connectivity index (χ4n) is 1.52. The first kappa shape index (κ1) is 11.2. The van der Waals surface area contributed by atoms with Crippen LogP contribution in [0, 0.1) is 0 Å². The SMILES string of the molecule is O=C(CI)OCCC1CCCCN1. The summed E-state index contributed by atoms with van der Waals surface area (Å²) >= 11 is 2.02. The number of esters is 1. The predicted molar refractivity (Wildman–Crippen MR) is 60.1 cm³/mol. The summed E-state index contributed by atoms with van der Waals surface area (Å²) < 4.78 is 5.46. The standard InChI is InChI=1S/C9H16INO2/c10-7-9(12)13-6-4-8-3-1-2-5-11-8/h8,11H,1-7H2. The Hall–Kier alpha value is 0.160. The molecule has 0 aromatic carbocycles. The summed E-state index contributed by atoms with van der Waals surface area (Å²) in [5.74, 6) is -0.101. The van der Waals surface area contributed by atoms with Crippen molar-refractivity contribution in [3.63, 3.8) is 0 Å². The molecule has 1 rings (SSSR count). The van der Waals surface area contributed by atoms with Gasteiger partial charge in [-0.3, -0.25) is 4.79 Å². The molecule has 1 unspecified atom stereocenters.